The van der Waals surface area contributed by atoms with Crippen molar-refractivity contribution in [3.8, 4) is 0 Å². The number of hydrogen-bond acceptors (Lipinski definition) is 3. The van der Waals surface area contributed by atoms with E-state index in [1.807, 2.05) is 30.3 Å². The number of amides is 1. The Morgan fingerprint density at radius 2 is 2.16 bits per heavy atom. The van der Waals surface area contributed by atoms with E-state index in [1.54, 1.807) is 6.20 Å². The maximum absolute atomic E-state index is 11.8. The van der Waals surface area contributed by atoms with Gasteiger partial charge >= 0.3 is 0 Å². The molecule has 1 heterocycles. The second kappa shape index (κ2) is 6.29. The van der Waals surface area contributed by atoms with Crippen LogP contribution in [0.2, 0.25) is 0 Å². The smallest absolute Gasteiger partial charge is 0.225 e. The van der Waals surface area contributed by atoms with E-state index >= 15 is 0 Å². The minimum Gasteiger partial charge on any atom is -0.326 e. The lowest BCUT2D eigenvalue weighted by atomic mass is 10.2. The predicted molar refractivity (Wildman–Crippen MR) is 78.1 cm³/mol. The number of nitrogens with one attached hydrogen (secondary N) is 2. The van der Waals surface area contributed by atoms with Gasteiger partial charge in [-0.1, -0.05) is 19.9 Å². The SMILES string of the molecule is CC(C)NCCC(=O)Nc1ccc2ncccc2c1. The monoisotopic (exact) mass is 257 g/mol. The molecule has 2 aromatic rings. The van der Waals surface area contributed by atoms with Crippen LogP contribution in [0.5, 0.6) is 0 Å². The molecule has 100 valence electrons. The van der Waals surface area contributed by atoms with E-state index in [2.05, 4.69) is 29.5 Å². The Labute approximate surface area is 113 Å². The molecule has 0 aliphatic rings. The molecule has 2 rings (SSSR count). The molecule has 0 saturated heterocycles. The fourth-order valence-electron chi connectivity index (χ4n) is 1.85. The van der Waals surface area contributed by atoms with Crippen LogP contribution in [-0.2, 0) is 4.79 Å². The molecule has 1 aromatic carbocycles. The molecule has 0 unspecified atom stereocenters. The molecule has 0 aliphatic carbocycles. The minimum atomic E-state index is 0.0244. The summed E-state index contributed by atoms with van der Waals surface area (Å²) in [7, 11) is 0. The van der Waals surface area contributed by atoms with Crippen molar-refractivity contribution in [3.63, 3.8) is 0 Å². The van der Waals surface area contributed by atoms with Crippen LogP contribution in [0.15, 0.2) is 36.5 Å². The molecule has 4 nitrogen and oxygen atoms in total. The molecule has 0 saturated carbocycles. The van der Waals surface area contributed by atoms with Gasteiger partial charge in [-0.05, 0) is 24.3 Å². The molecule has 0 fully saturated rings. The lowest BCUT2D eigenvalue weighted by Crippen LogP contribution is -2.27. The Morgan fingerprint density at radius 1 is 1.32 bits per heavy atom. The van der Waals surface area contributed by atoms with Crippen LogP contribution in [0, 0.1) is 0 Å². The van der Waals surface area contributed by atoms with Crippen LogP contribution in [0.3, 0.4) is 0 Å². The normalized spacial score (nSPS) is 10.9. The second-order valence-electron chi connectivity index (χ2n) is 4.82. The topological polar surface area (TPSA) is 54.0 Å². The van der Waals surface area contributed by atoms with Gasteiger partial charge in [-0.15, -0.1) is 0 Å². The summed E-state index contributed by atoms with van der Waals surface area (Å²) in [4.78, 5) is 16.0. The molecule has 1 aromatic heterocycles. The number of carbonyl (C=O) groups excluding carboxylic acids is 1. The highest BCUT2D eigenvalue weighted by Crippen LogP contribution is 2.16. The van der Waals surface area contributed by atoms with Gasteiger partial charge in [0, 0.05) is 36.3 Å². The number of carbonyl (C=O) groups is 1. The zero-order valence-electron chi connectivity index (χ0n) is 11.3. The van der Waals surface area contributed by atoms with Gasteiger partial charge in [-0.25, -0.2) is 0 Å². The Bertz CT molecular complexity index is 566. The lowest BCUT2D eigenvalue weighted by molar-refractivity contribution is -0.116. The molecule has 0 bridgehead atoms. The Balaban J connectivity index is 1.95. The van der Waals surface area contributed by atoms with Gasteiger partial charge in [0.2, 0.25) is 5.91 Å². The summed E-state index contributed by atoms with van der Waals surface area (Å²) in [5.41, 5.74) is 1.75. The number of nitrogens with zero attached hydrogens (tertiary/aromatic N) is 1. The zero-order chi connectivity index (χ0) is 13.7. The van der Waals surface area contributed by atoms with Gasteiger partial charge in [-0.3, -0.25) is 9.78 Å². The van der Waals surface area contributed by atoms with Crippen molar-refractivity contribution in [3.05, 3.63) is 36.5 Å². The third-order valence-corrected chi connectivity index (χ3v) is 2.79. The summed E-state index contributed by atoms with van der Waals surface area (Å²) in [5, 5.41) is 7.15. The number of rotatable bonds is 5. The number of hydrogen-bond donors (Lipinski definition) is 2. The lowest BCUT2D eigenvalue weighted by Gasteiger charge is -2.09. The quantitative estimate of drug-likeness (QED) is 0.865. The van der Waals surface area contributed by atoms with Gasteiger partial charge in [0.05, 0.1) is 5.52 Å². The minimum absolute atomic E-state index is 0.0244. The molecule has 0 spiro atoms. The van der Waals surface area contributed by atoms with E-state index in [-0.39, 0.29) is 5.91 Å². The summed E-state index contributed by atoms with van der Waals surface area (Å²) >= 11 is 0. The third-order valence-electron chi connectivity index (χ3n) is 2.79. The average molecular weight is 257 g/mol. The van der Waals surface area contributed by atoms with Crippen molar-refractivity contribution < 1.29 is 4.79 Å². The van der Waals surface area contributed by atoms with Gasteiger partial charge < -0.3 is 10.6 Å². The Kier molecular flexibility index (Phi) is 4.47. The summed E-state index contributed by atoms with van der Waals surface area (Å²) in [5.74, 6) is 0.0244. The van der Waals surface area contributed by atoms with Crippen molar-refractivity contribution in [1.82, 2.24) is 10.3 Å². The van der Waals surface area contributed by atoms with Crippen LogP contribution in [0.1, 0.15) is 20.3 Å². The molecular formula is C15H19N3O. The molecule has 1 amide bonds. The number of anilines is 1. The maximum Gasteiger partial charge on any atom is 0.225 e. The van der Waals surface area contributed by atoms with E-state index in [0.29, 0.717) is 19.0 Å². The van der Waals surface area contributed by atoms with Crippen LogP contribution in [0.4, 0.5) is 5.69 Å². The zero-order valence-corrected chi connectivity index (χ0v) is 11.3. The Morgan fingerprint density at radius 3 is 2.95 bits per heavy atom. The number of aromatic nitrogens is 1. The predicted octanol–water partition coefficient (Wildman–Crippen LogP) is 2.56. The van der Waals surface area contributed by atoms with Gasteiger partial charge in [-0.2, -0.15) is 0 Å². The summed E-state index contributed by atoms with van der Waals surface area (Å²) in [6, 6.07) is 10.0. The highest BCUT2D eigenvalue weighted by atomic mass is 16.1. The fraction of sp³-hybridized carbons (Fsp3) is 0.333. The first-order valence-corrected chi connectivity index (χ1v) is 6.53. The molecule has 0 radical (unpaired) electrons. The molecule has 19 heavy (non-hydrogen) atoms. The Hall–Kier alpha value is -1.94. The van der Waals surface area contributed by atoms with E-state index in [0.717, 1.165) is 16.6 Å². The highest BCUT2D eigenvalue weighted by Gasteiger charge is 2.03. The summed E-state index contributed by atoms with van der Waals surface area (Å²) < 4.78 is 0. The first kappa shape index (κ1) is 13.5. The average Bonchev–Trinajstić information content (AvgIpc) is 2.38. The van der Waals surface area contributed by atoms with Crippen molar-refractivity contribution in [1.29, 1.82) is 0 Å². The highest BCUT2D eigenvalue weighted by molar-refractivity contribution is 5.93. The van der Waals surface area contributed by atoms with Gasteiger partial charge in [0.25, 0.3) is 0 Å². The van der Waals surface area contributed by atoms with Crippen molar-refractivity contribution >= 4 is 22.5 Å². The molecule has 0 aliphatic heterocycles. The summed E-state index contributed by atoms with van der Waals surface area (Å²) in [6.07, 6.45) is 2.24. The van der Waals surface area contributed by atoms with Crippen LogP contribution in [0.25, 0.3) is 10.9 Å². The largest absolute Gasteiger partial charge is 0.326 e. The number of fused-ring (bicyclic) bond motifs is 1. The summed E-state index contributed by atoms with van der Waals surface area (Å²) in [6.45, 7) is 4.82. The van der Waals surface area contributed by atoms with Crippen LogP contribution < -0.4 is 10.6 Å². The first-order chi connectivity index (χ1) is 9.15. The molecule has 0 atom stereocenters. The van der Waals surface area contributed by atoms with Crippen molar-refractivity contribution in [2.75, 3.05) is 11.9 Å². The van der Waals surface area contributed by atoms with Crippen LogP contribution >= 0.6 is 0 Å². The second-order valence-corrected chi connectivity index (χ2v) is 4.82. The van der Waals surface area contributed by atoms with E-state index in [4.69, 9.17) is 0 Å². The first-order valence-electron chi connectivity index (χ1n) is 6.53. The third kappa shape index (κ3) is 4.03. The number of pyridine rings is 1. The standard InChI is InChI=1S/C15H19N3O/c1-11(2)16-9-7-15(19)18-13-5-6-14-12(10-13)4-3-8-17-14/h3-6,8,10-11,16H,7,9H2,1-2H3,(H,18,19). The van der Waals surface area contributed by atoms with Gasteiger partial charge in [0.15, 0.2) is 0 Å². The van der Waals surface area contributed by atoms with E-state index in [9.17, 15) is 4.79 Å². The van der Waals surface area contributed by atoms with Crippen molar-refractivity contribution in [2.24, 2.45) is 0 Å². The van der Waals surface area contributed by atoms with Gasteiger partial charge in [0.1, 0.15) is 0 Å². The van der Waals surface area contributed by atoms with E-state index < -0.39 is 0 Å². The fourth-order valence-corrected chi connectivity index (χ4v) is 1.85. The van der Waals surface area contributed by atoms with Crippen molar-refractivity contribution in [2.45, 2.75) is 26.3 Å². The van der Waals surface area contributed by atoms with E-state index in [1.165, 1.54) is 0 Å². The molecule has 4 heteroatoms. The molecule has 2 N–H and O–H groups in total. The molecular weight excluding hydrogens is 238 g/mol. The van der Waals surface area contributed by atoms with Crippen LogP contribution in [-0.4, -0.2) is 23.5 Å². The maximum atomic E-state index is 11.8. The number of benzene rings is 1.